The minimum Gasteiger partial charge on any atom is -0.373 e. The lowest BCUT2D eigenvalue weighted by Gasteiger charge is -2.10. The molecule has 0 spiro atoms. The van der Waals surface area contributed by atoms with Crippen molar-refractivity contribution >= 4 is 0 Å². The van der Waals surface area contributed by atoms with Crippen molar-refractivity contribution in [2.24, 2.45) is 0 Å². The van der Waals surface area contributed by atoms with Crippen LogP contribution in [0.15, 0.2) is 48.5 Å². The Morgan fingerprint density at radius 3 is 2.56 bits per heavy atom. The molecule has 1 fully saturated rings. The Morgan fingerprint density at radius 2 is 1.83 bits per heavy atom. The SMILES string of the molecule is Cc1ccc(CC2CO2)c(Cc2ccccc2)c1. The molecular weight excluding hydrogens is 220 g/mol. The number of rotatable bonds is 4. The molecule has 0 aliphatic carbocycles. The standard InChI is InChI=1S/C17H18O/c1-13-7-8-15(11-17-12-18-17)16(9-13)10-14-5-3-2-4-6-14/h2-9,17H,10-12H2,1H3. The van der Waals surface area contributed by atoms with Gasteiger partial charge in [-0.25, -0.2) is 0 Å². The molecule has 0 aromatic heterocycles. The highest BCUT2D eigenvalue weighted by Gasteiger charge is 2.23. The van der Waals surface area contributed by atoms with Gasteiger partial charge < -0.3 is 4.74 Å². The molecule has 2 aromatic carbocycles. The highest BCUT2D eigenvalue weighted by atomic mass is 16.6. The van der Waals surface area contributed by atoms with Crippen LogP contribution in [0.3, 0.4) is 0 Å². The summed E-state index contributed by atoms with van der Waals surface area (Å²) < 4.78 is 5.35. The van der Waals surface area contributed by atoms with Crippen LogP contribution in [0.1, 0.15) is 22.3 Å². The summed E-state index contributed by atoms with van der Waals surface area (Å²) in [7, 11) is 0. The Kier molecular flexibility index (Phi) is 3.16. The Bertz CT molecular complexity index is 527. The normalized spacial score (nSPS) is 17.7. The van der Waals surface area contributed by atoms with Gasteiger partial charge in [0.15, 0.2) is 0 Å². The Hall–Kier alpha value is -1.60. The summed E-state index contributed by atoms with van der Waals surface area (Å²) in [5, 5.41) is 0. The Balaban J connectivity index is 1.86. The first-order valence-electron chi connectivity index (χ1n) is 6.55. The molecule has 92 valence electrons. The lowest BCUT2D eigenvalue weighted by atomic mass is 9.95. The van der Waals surface area contributed by atoms with E-state index in [2.05, 4.69) is 55.5 Å². The molecule has 1 unspecified atom stereocenters. The van der Waals surface area contributed by atoms with E-state index in [1.165, 1.54) is 22.3 Å². The lowest BCUT2D eigenvalue weighted by Crippen LogP contribution is -2.00. The second-order valence-corrected chi connectivity index (χ2v) is 5.09. The van der Waals surface area contributed by atoms with Gasteiger partial charge in [0, 0.05) is 6.42 Å². The van der Waals surface area contributed by atoms with E-state index in [0.717, 1.165) is 19.4 Å². The average molecular weight is 238 g/mol. The molecule has 1 heterocycles. The third kappa shape index (κ3) is 2.80. The molecule has 3 rings (SSSR count). The fourth-order valence-electron chi connectivity index (χ4n) is 2.37. The second kappa shape index (κ2) is 4.95. The van der Waals surface area contributed by atoms with Crippen molar-refractivity contribution in [1.29, 1.82) is 0 Å². The summed E-state index contributed by atoms with van der Waals surface area (Å²) in [6, 6.07) is 17.4. The second-order valence-electron chi connectivity index (χ2n) is 5.09. The quantitative estimate of drug-likeness (QED) is 0.742. The minimum atomic E-state index is 0.460. The smallest absolute Gasteiger partial charge is 0.0850 e. The van der Waals surface area contributed by atoms with E-state index in [9.17, 15) is 0 Å². The summed E-state index contributed by atoms with van der Waals surface area (Å²) in [6.45, 7) is 3.09. The molecule has 1 nitrogen and oxygen atoms in total. The van der Waals surface area contributed by atoms with Gasteiger partial charge in [-0.15, -0.1) is 0 Å². The molecular formula is C17H18O. The molecule has 1 atom stereocenters. The van der Waals surface area contributed by atoms with Gasteiger partial charge in [0.05, 0.1) is 12.7 Å². The van der Waals surface area contributed by atoms with E-state index >= 15 is 0 Å². The molecule has 0 saturated carbocycles. The topological polar surface area (TPSA) is 12.5 Å². The molecule has 0 amide bonds. The van der Waals surface area contributed by atoms with Crippen LogP contribution in [0.2, 0.25) is 0 Å². The minimum absolute atomic E-state index is 0.460. The van der Waals surface area contributed by atoms with E-state index in [4.69, 9.17) is 4.74 Å². The van der Waals surface area contributed by atoms with Crippen LogP contribution in [0.5, 0.6) is 0 Å². The predicted octanol–water partition coefficient (Wildman–Crippen LogP) is 3.53. The van der Waals surface area contributed by atoms with Gasteiger partial charge in [-0.2, -0.15) is 0 Å². The average Bonchev–Trinajstić information content (AvgIpc) is 3.18. The first-order chi connectivity index (χ1) is 8.81. The van der Waals surface area contributed by atoms with E-state index in [-0.39, 0.29) is 0 Å². The highest BCUT2D eigenvalue weighted by molar-refractivity contribution is 5.36. The van der Waals surface area contributed by atoms with E-state index in [1.807, 2.05) is 0 Å². The van der Waals surface area contributed by atoms with Gasteiger partial charge in [-0.3, -0.25) is 0 Å². The van der Waals surface area contributed by atoms with Crippen molar-refractivity contribution in [3.8, 4) is 0 Å². The third-order valence-corrected chi connectivity index (χ3v) is 3.45. The van der Waals surface area contributed by atoms with Gasteiger partial charge in [0.25, 0.3) is 0 Å². The summed E-state index contributed by atoms with van der Waals surface area (Å²) in [4.78, 5) is 0. The van der Waals surface area contributed by atoms with Crippen LogP contribution in [-0.2, 0) is 17.6 Å². The first-order valence-corrected chi connectivity index (χ1v) is 6.55. The van der Waals surface area contributed by atoms with Crippen LogP contribution >= 0.6 is 0 Å². The van der Waals surface area contributed by atoms with Crippen LogP contribution in [0, 0.1) is 6.92 Å². The van der Waals surface area contributed by atoms with E-state index < -0.39 is 0 Å². The Morgan fingerprint density at radius 1 is 1.06 bits per heavy atom. The fourth-order valence-corrected chi connectivity index (χ4v) is 2.37. The molecule has 1 heteroatoms. The number of hydrogen-bond acceptors (Lipinski definition) is 1. The summed E-state index contributed by atoms with van der Waals surface area (Å²) >= 11 is 0. The van der Waals surface area contributed by atoms with Crippen LogP contribution in [-0.4, -0.2) is 12.7 Å². The van der Waals surface area contributed by atoms with Crippen molar-refractivity contribution in [3.63, 3.8) is 0 Å². The molecule has 1 aliphatic heterocycles. The largest absolute Gasteiger partial charge is 0.373 e. The predicted molar refractivity (Wildman–Crippen MR) is 73.9 cm³/mol. The Labute approximate surface area is 108 Å². The molecule has 0 bridgehead atoms. The maximum atomic E-state index is 5.35. The number of ether oxygens (including phenoxy) is 1. The molecule has 18 heavy (non-hydrogen) atoms. The monoisotopic (exact) mass is 238 g/mol. The van der Waals surface area contributed by atoms with E-state index in [1.54, 1.807) is 0 Å². The molecule has 2 aromatic rings. The number of epoxide rings is 1. The van der Waals surface area contributed by atoms with Crippen molar-refractivity contribution in [2.45, 2.75) is 25.9 Å². The van der Waals surface area contributed by atoms with E-state index in [0.29, 0.717) is 6.10 Å². The van der Waals surface area contributed by atoms with Crippen molar-refractivity contribution in [1.82, 2.24) is 0 Å². The number of aryl methyl sites for hydroxylation is 1. The number of hydrogen-bond donors (Lipinski definition) is 0. The molecule has 1 aliphatic rings. The fraction of sp³-hybridized carbons (Fsp3) is 0.294. The van der Waals surface area contributed by atoms with Gasteiger partial charge in [0.2, 0.25) is 0 Å². The molecule has 0 radical (unpaired) electrons. The molecule has 0 N–H and O–H groups in total. The van der Waals surface area contributed by atoms with Crippen LogP contribution in [0.25, 0.3) is 0 Å². The first kappa shape index (κ1) is 11.5. The summed E-state index contributed by atoms with van der Waals surface area (Å²) in [5.41, 5.74) is 5.59. The summed E-state index contributed by atoms with van der Waals surface area (Å²) in [5.74, 6) is 0. The third-order valence-electron chi connectivity index (χ3n) is 3.45. The van der Waals surface area contributed by atoms with Crippen molar-refractivity contribution in [3.05, 3.63) is 70.8 Å². The zero-order valence-electron chi connectivity index (χ0n) is 10.7. The highest BCUT2D eigenvalue weighted by Crippen LogP contribution is 2.22. The zero-order valence-corrected chi connectivity index (χ0v) is 10.7. The van der Waals surface area contributed by atoms with Crippen LogP contribution < -0.4 is 0 Å². The lowest BCUT2D eigenvalue weighted by molar-refractivity contribution is 0.407. The maximum Gasteiger partial charge on any atom is 0.0850 e. The summed E-state index contributed by atoms with van der Waals surface area (Å²) in [6.07, 6.45) is 2.54. The van der Waals surface area contributed by atoms with Crippen molar-refractivity contribution < 1.29 is 4.74 Å². The zero-order chi connectivity index (χ0) is 12.4. The van der Waals surface area contributed by atoms with Gasteiger partial charge in [-0.05, 0) is 30.0 Å². The van der Waals surface area contributed by atoms with Crippen molar-refractivity contribution in [2.75, 3.05) is 6.61 Å². The van der Waals surface area contributed by atoms with Gasteiger partial charge in [-0.1, -0.05) is 54.1 Å². The molecule has 1 saturated heterocycles. The van der Waals surface area contributed by atoms with Gasteiger partial charge >= 0.3 is 0 Å². The maximum absolute atomic E-state index is 5.35. The van der Waals surface area contributed by atoms with Crippen LogP contribution in [0.4, 0.5) is 0 Å². The van der Waals surface area contributed by atoms with Gasteiger partial charge in [0.1, 0.15) is 0 Å². The number of benzene rings is 2.